The minimum absolute atomic E-state index is 0.0146. The van der Waals surface area contributed by atoms with Crippen molar-refractivity contribution >= 4 is 27.5 Å². The minimum Gasteiger partial charge on any atom is -0.369 e. The van der Waals surface area contributed by atoms with Crippen molar-refractivity contribution in [3.05, 3.63) is 59.9 Å². The van der Waals surface area contributed by atoms with Crippen molar-refractivity contribution in [2.24, 2.45) is 28.9 Å². The molecule has 2 aromatic carbocycles. The van der Waals surface area contributed by atoms with E-state index in [4.69, 9.17) is 5.73 Å². The zero-order chi connectivity index (χ0) is 23.4. The van der Waals surface area contributed by atoms with Crippen LogP contribution < -0.4 is 15.8 Å². The van der Waals surface area contributed by atoms with Crippen LogP contribution in [0.15, 0.2) is 53.4 Å². The van der Waals surface area contributed by atoms with Crippen LogP contribution in [0.4, 0.5) is 10.1 Å². The Hall–Kier alpha value is -2.94. The number of sulfonamides is 1. The Morgan fingerprint density at radius 1 is 0.970 bits per heavy atom. The lowest BCUT2D eigenvalue weighted by Crippen LogP contribution is -2.62. The first-order valence-corrected chi connectivity index (χ1v) is 12.6. The lowest BCUT2D eigenvalue weighted by Gasteiger charge is -2.58. The Bertz CT molecular complexity index is 1200. The number of anilines is 1. The van der Waals surface area contributed by atoms with Gasteiger partial charge >= 0.3 is 0 Å². The molecule has 0 spiro atoms. The molecule has 0 saturated heterocycles. The van der Waals surface area contributed by atoms with Gasteiger partial charge in [-0.05, 0) is 86.3 Å². The molecule has 0 aliphatic heterocycles. The van der Waals surface area contributed by atoms with Crippen LogP contribution in [0.3, 0.4) is 0 Å². The van der Waals surface area contributed by atoms with Crippen molar-refractivity contribution in [3.63, 3.8) is 0 Å². The molecular weight excluding hydrogens is 445 g/mol. The Morgan fingerprint density at radius 2 is 1.61 bits per heavy atom. The van der Waals surface area contributed by atoms with Crippen LogP contribution in [0.25, 0.3) is 0 Å². The average Bonchev–Trinajstić information content (AvgIpc) is 2.76. The first-order valence-electron chi connectivity index (χ1n) is 11.1. The summed E-state index contributed by atoms with van der Waals surface area (Å²) in [5.74, 6) is -0.275. The molecule has 4 fully saturated rings. The van der Waals surface area contributed by atoms with Crippen molar-refractivity contribution in [1.29, 1.82) is 0 Å². The number of benzene rings is 2. The largest absolute Gasteiger partial charge is 0.369 e. The smallest absolute Gasteiger partial charge is 0.264 e. The van der Waals surface area contributed by atoms with Crippen LogP contribution in [0.2, 0.25) is 0 Å². The van der Waals surface area contributed by atoms with Crippen LogP contribution in [-0.4, -0.2) is 26.3 Å². The van der Waals surface area contributed by atoms with E-state index in [2.05, 4.69) is 10.0 Å². The summed E-state index contributed by atoms with van der Waals surface area (Å²) >= 11 is 0. The van der Waals surface area contributed by atoms with Gasteiger partial charge in [0.2, 0.25) is 5.91 Å². The molecule has 7 nitrogen and oxygen atoms in total. The lowest BCUT2D eigenvalue weighted by molar-refractivity contribution is -0.145. The predicted octanol–water partition coefficient (Wildman–Crippen LogP) is 3.04. The summed E-state index contributed by atoms with van der Waals surface area (Å²) in [4.78, 5) is 24.6. The number of nitrogens with one attached hydrogen (secondary N) is 2. The Balaban J connectivity index is 1.27. The molecule has 4 saturated carbocycles. The molecule has 4 bridgehead atoms. The summed E-state index contributed by atoms with van der Waals surface area (Å²) in [5.41, 5.74) is 5.96. The summed E-state index contributed by atoms with van der Waals surface area (Å²) < 4.78 is 41.1. The third-order valence-electron chi connectivity index (χ3n) is 7.62. The Kier molecular flexibility index (Phi) is 5.19. The minimum atomic E-state index is -4.09. The zero-order valence-corrected chi connectivity index (χ0v) is 18.8. The monoisotopic (exact) mass is 471 g/mol. The topological polar surface area (TPSA) is 118 Å². The highest BCUT2D eigenvalue weighted by Gasteiger charge is 2.58. The van der Waals surface area contributed by atoms with Crippen molar-refractivity contribution in [1.82, 2.24) is 5.32 Å². The van der Waals surface area contributed by atoms with Gasteiger partial charge in [-0.1, -0.05) is 12.1 Å². The van der Waals surface area contributed by atoms with Crippen LogP contribution in [0.5, 0.6) is 0 Å². The highest BCUT2D eigenvalue weighted by molar-refractivity contribution is 7.92. The van der Waals surface area contributed by atoms with E-state index in [0.717, 1.165) is 38.2 Å². The van der Waals surface area contributed by atoms with Gasteiger partial charge in [0.15, 0.2) is 0 Å². The second-order valence-electron chi connectivity index (χ2n) is 9.73. The second kappa shape index (κ2) is 7.83. The summed E-state index contributed by atoms with van der Waals surface area (Å²) in [6.45, 7) is 0. The quantitative estimate of drug-likeness (QED) is 0.600. The van der Waals surface area contributed by atoms with Crippen molar-refractivity contribution in [3.8, 4) is 0 Å². The summed E-state index contributed by atoms with van der Waals surface area (Å²) in [6, 6.07) is 11.2. The first-order chi connectivity index (χ1) is 15.7. The fraction of sp³-hybridized carbons (Fsp3) is 0.417. The zero-order valence-electron chi connectivity index (χ0n) is 18.0. The number of halogens is 1. The molecule has 4 aliphatic carbocycles. The predicted molar refractivity (Wildman–Crippen MR) is 120 cm³/mol. The number of carbonyl (C=O) groups is 2. The maximum Gasteiger partial charge on any atom is 0.264 e. The highest BCUT2D eigenvalue weighted by atomic mass is 32.2. The van der Waals surface area contributed by atoms with Gasteiger partial charge in [0, 0.05) is 22.7 Å². The SMILES string of the molecule is NC(=O)C12CC3CC(C1)C(NC(=O)c1ccc(NS(=O)(=O)c4ccccc4F)cc1)C(C3)C2. The number of hydrogen-bond donors (Lipinski definition) is 3. The molecular formula is C24H26FN3O4S. The number of amides is 2. The molecule has 0 aromatic heterocycles. The third kappa shape index (κ3) is 3.88. The van der Waals surface area contributed by atoms with E-state index >= 15 is 0 Å². The number of carbonyl (C=O) groups excluding carboxylic acids is 2. The van der Waals surface area contributed by atoms with Gasteiger partial charge in [-0.15, -0.1) is 0 Å². The van der Waals surface area contributed by atoms with E-state index in [-0.39, 0.29) is 35.4 Å². The lowest BCUT2D eigenvalue weighted by atomic mass is 9.47. The fourth-order valence-corrected chi connectivity index (χ4v) is 7.50. The number of primary amides is 1. The van der Waals surface area contributed by atoms with E-state index < -0.39 is 26.2 Å². The van der Waals surface area contributed by atoms with Crippen LogP contribution in [-0.2, 0) is 14.8 Å². The fourth-order valence-electron chi connectivity index (χ4n) is 6.36. The standard InChI is InChI=1S/C24H26FN3O4S/c25-19-3-1-2-4-20(19)33(31,32)28-18-7-5-15(6-8-18)22(29)27-21-16-9-14-10-17(21)13-24(11-14,12-16)23(26)30/h1-8,14,16-17,21,28H,9-13H2,(H2,26,30)(H,27,29). The van der Waals surface area contributed by atoms with Gasteiger partial charge in [-0.25, -0.2) is 12.8 Å². The van der Waals surface area contributed by atoms with Gasteiger partial charge in [0.25, 0.3) is 15.9 Å². The van der Waals surface area contributed by atoms with Crippen molar-refractivity contribution in [2.75, 3.05) is 4.72 Å². The van der Waals surface area contributed by atoms with Gasteiger partial charge in [0.1, 0.15) is 10.7 Å². The van der Waals surface area contributed by atoms with Crippen molar-refractivity contribution in [2.45, 2.75) is 43.0 Å². The van der Waals surface area contributed by atoms with E-state index in [1.165, 1.54) is 42.5 Å². The molecule has 2 atom stereocenters. The van der Waals surface area contributed by atoms with Gasteiger partial charge in [-0.2, -0.15) is 0 Å². The third-order valence-corrected chi connectivity index (χ3v) is 9.03. The summed E-state index contributed by atoms with van der Waals surface area (Å²) in [7, 11) is -4.09. The molecule has 0 heterocycles. The van der Waals surface area contributed by atoms with Crippen LogP contribution >= 0.6 is 0 Å². The van der Waals surface area contributed by atoms with E-state index in [9.17, 15) is 22.4 Å². The second-order valence-corrected chi connectivity index (χ2v) is 11.4. The van der Waals surface area contributed by atoms with Gasteiger partial charge < -0.3 is 11.1 Å². The van der Waals surface area contributed by atoms with E-state index in [0.29, 0.717) is 11.5 Å². The number of hydrogen-bond acceptors (Lipinski definition) is 4. The van der Waals surface area contributed by atoms with Gasteiger partial charge in [-0.3, -0.25) is 14.3 Å². The molecule has 174 valence electrons. The molecule has 2 aromatic rings. The molecule has 9 heteroatoms. The molecule has 0 radical (unpaired) electrons. The maximum absolute atomic E-state index is 13.9. The van der Waals surface area contributed by atoms with Crippen LogP contribution in [0.1, 0.15) is 42.5 Å². The average molecular weight is 472 g/mol. The Labute approximate surface area is 192 Å². The van der Waals surface area contributed by atoms with E-state index in [1.54, 1.807) is 0 Å². The van der Waals surface area contributed by atoms with Gasteiger partial charge in [0.05, 0.1) is 0 Å². The number of rotatable bonds is 6. The summed E-state index contributed by atoms with van der Waals surface area (Å²) in [5, 5.41) is 3.16. The highest BCUT2D eigenvalue weighted by Crippen LogP contribution is 2.59. The number of nitrogens with two attached hydrogens (primary N) is 1. The molecule has 33 heavy (non-hydrogen) atoms. The van der Waals surface area contributed by atoms with Crippen LogP contribution in [0, 0.1) is 29.0 Å². The molecule has 2 amide bonds. The maximum atomic E-state index is 13.9. The molecule has 4 aliphatic rings. The Morgan fingerprint density at radius 3 is 2.21 bits per heavy atom. The first kappa shape index (κ1) is 21.9. The summed E-state index contributed by atoms with van der Waals surface area (Å²) in [6.07, 6.45) is 4.36. The van der Waals surface area contributed by atoms with Crippen molar-refractivity contribution < 1.29 is 22.4 Å². The normalized spacial score (nSPS) is 30.1. The van der Waals surface area contributed by atoms with E-state index in [1.807, 2.05) is 0 Å². The molecule has 6 rings (SSSR count). The molecule has 4 N–H and O–H groups in total. The molecule has 2 unspecified atom stereocenters.